The van der Waals surface area contributed by atoms with Crippen molar-refractivity contribution in [1.82, 2.24) is 0 Å². The average molecular weight is 712 g/mol. The average Bonchev–Trinajstić information content (AvgIpc) is 3.29. The second-order valence-corrected chi connectivity index (χ2v) is 17.0. The van der Waals surface area contributed by atoms with E-state index in [-0.39, 0.29) is 55.5 Å². The molecule has 0 saturated heterocycles. The van der Waals surface area contributed by atoms with Crippen LogP contribution in [-0.2, 0) is 25.8 Å². The summed E-state index contributed by atoms with van der Waals surface area (Å²) in [5.74, 6) is 7.66. The second-order valence-electron chi connectivity index (χ2n) is 12.0. The van der Waals surface area contributed by atoms with E-state index in [4.69, 9.17) is 0 Å². The molecule has 38 heavy (non-hydrogen) atoms. The molecule has 224 valence electrons. The van der Waals surface area contributed by atoms with Crippen LogP contribution >= 0.6 is 0 Å². The zero-order valence-corrected chi connectivity index (χ0v) is 33.3. The van der Waals surface area contributed by atoms with E-state index in [9.17, 15) is 0 Å². The number of allylic oxidation sites excluding steroid dienone is 4. The molecule has 4 rings (SSSR count). The van der Waals surface area contributed by atoms with E-state index >= 15 is 0 Å². The van der Waals surface area contributed by atoms with Crippen LogP contribution in [0.15, 0.2) is 24.3 Å². The molecule has 0 aromatic rings. The van der Waals surface area contributed by atoms with Crippen molar-refractivity contribution >= 4 is 8.07 Å². The Morgan fingerprint density at radius 2 is 0.947 bits per heavy atom. The van der Waals surface area contributed by atoms with Crippen LogP contribution in [0, 0.1) is 77.0 Å². The van der Waals surface area contributed by atoms with Crippen molar-refractivity contribution in [3.63, 3.8) is 0 Å². The van der Waals surface area contributed by atoms with Crippen LogP contribution in [0.5, 0.6) is 0 Å². The topological polar surface area (TPSA) is 0 Å². The van der Waals surface area contributed by atoms with E-state index in [1.807, 2.05) is 27.7 Å². The van der Waals surface area contributed by atoms with Gasteiger partial charge in [0.1, 0.15) is 0 Å². The van der Waals surface area contributed by atoms with Gasteiger partial charge in [0.05, 0.1) is 8.07 Å². The Morgan fingerprint density at radius 1 is 0.632 bits per heavy atom. The summed E-state index contributed by atoms with van der Waals surface area (Å²) in [6.07, 6.45) is 21.9. The van der Waals surface area contributed by atoms with Gasteiger partial charge in [0.15, 0.2) is 0 Å². The molecule has 4 aliphatic rings. The largest absolute Gasteiger partial charge is 4.00 e. The zero-order valence-electron chi connectivity index (χ0n) is 28.7. The normalized spacial score (nSPS) is 35.9. The van der Waals surface area contributed by atoms with Crippen LogP contribution < -0.4 is 0 Å². The van der Waals surface area contributed by atoms with Crippen LogP contribution in [0.2, 0.25) is 24.2 Å². The molecule has 2 heteroatoms. The Bertz CT molecular complexity index is 571. The van der Waals surface area contributed by atoms with Crippen LogP contribution in [0.25, 0.3) is 0 Å². The number of hydrogen-bond acceptors (Lipinski definition) is 0. The number of fused-ring (bicyclic) bond motifs is 2. The number of rotatable bonds is 6. The van der Waals surface area contributed by atoms with E-state index in [0.717, 1.165) is 58.4 Å². The molecule has 0 aliphatic heterocycles. The molecule has 2 saturated carbocycles. The molecule has 0 aromatic carbocycles. The predicted octanol–water partition coefficient (Wildman–Crippen LogP) is 12.6. The third kappa shape index (κ3) is 8.78. The quantitative estimate of drug-likeness (QED) is 0.146. The van der Waals surface area contributed by atoms with Crippen molar-refractivity contribution in [2.75, 3.05) is 0 Å². The van der Waals surface area contributed by atoms with E-state index in [2.05, 4.69) is 65.1 Å². The minimum Gasteiger partial charge on any atom is -0.358 e. The maximum atomic E-state index is 2.84. The summed E-state index contributed by atoms with van der Waals surface area (Å²) in [7, 11) is -1.42. The molecule has 0 aromatic heterocycles. The molecule has 2 fully saturated rings. The molecular formula is C36H72HfSi. The molecule has 0 spiro atoms. The summed E-state index contributed by atoms with van der Waals surface area (Å²) >= 11 is 0. The van der Waals surface area contributed by atoms with Crippen molar-refractivity contribution in [3.8, 4) is 0 Å². The molecule has 0 heterocycles. The van der Waals surface area contributed by atoms with E-state index < -0.39 is 8.07 Å². The van der Waals surface area contributed by atoms with Gasteiger partial charge in [-0.2, -0.15) is 0 Å². The molecular weight excluding hydrogens is 639 g/mol. The molecule has 0 bridgehead atoms. The zero-order chi connectivity index (χ0) is 24.8. The fourth-order valence-electron chi connectivity index (χ4n) is 9.73. The third-order valence-corrected chi connectivity index (χ3v) is 15.7. The van der Waals surface area contributed by atoms with Gasteiger partial charge < -0.3 is 29.7 Å². The maximum Gasteiger partial charge on any atom is 4.00 e. The standard InChI is InChI=1S/C28H48Si.2C2H6.4CH3.Hf/c1-7-13-21-19(3)27(25-17-11-9-15-23(21)25)29(5,6)28-20(4)22(14-8-2)24-16-10-12-18-26(24)28;2*1-2;;;;;/h11-12,17-28H,7-10,13-16H2,1-6H3;2*1-2H3;4*1H3;/q;;;4*-1;+4. The summed E-state index contributed by atoms with van der Waals surface area (Å²) < 4.78 is 0. The van der Waals surface area contributed by atoms with Crippen molar-refractivity contribution in [2.45, 2.75) is 131 Å². The minimum atomic E-state index is -1.42. The van der Waals surface area contributed by atoms with Gasteiger partial charge in [-0.1, -0.05) is 118 Å². The van der Waals surface area contributed by atoms with E-state index in [1.54, 1.807) is 0 Å². The first-order valence-electron chi connectivity index (χ1n) is 15.3. The fraction of sp³-hybridized carbons (Fsp3) is 0.778. The second kappa shape index (κ2) is 21.3. The Labute approximate surface area is 264 Å². The predicted molar refractivity (Wildman–Crippen MR) is 179 cm³/mol. The van der Waals surface area contributed by atoms with Crippen molar-refractivity contribution in [3.05, 3.63) is 54.0 Å². The Morgan fingerprint density at radius 3 is 1.24 bits per heavy atom. The van der Waals surface area contributed by atoms with Crippen LogP contribution in [0.3, 0.4) is 0 Å². The van der Waals surface area contributed by atoms with Crippen LogP contribution in [0.4, 0.5) is 0 Å². The summed E-state index contributed by atoms with van der Waals surface area (Å²) in [6, 6.07) is 0. The van der Waals surface area contributed by atoms with Gasteiger partial charge in [0.25, 0.3) is 0 Å². The molecule has 4 aliphatic carbocycles. The minimum absolute atomic E-state index is 0. The maximum absolute atomic E-state index is 2.84. The van der Waals surface area contributed by atoms with Crippen LogP contribution in [-0.4, -0.2) is 8.07 Å². The Kier molecular flexibility index (Phi) is 25.5. The van der Waals surface area contributed by atoms with Gasteiger partial charge in [-0.3, -0.25) is 0 Å². The monoisotopic (exact) mass is 712 g/mol. The van der Waals surface area contributed by atoms with Gasteiger partial charge in [-0.25, -0.2) is 0 Å². The van der Waals surface area contributed by atoms with Crippen molar-refractivity contribution in [1.29, 1.82) is 0 Å². The number of hydrogen-bond donors (Lipinski definition) is 0. The van der Waals surface area contributed by atoms with Crippen molar-refractivity contribution in [2.24, 2.45) is 47.3 Å². The molecule has 0 amide bonds. The van der Waals surface area contributed by atoms with Gasteiger partial charge in [0.2, 0.25) is 0 Å². The molecule has 10 unspecified atom stereocenters. The summed E-state index contributed by atoms with van der Waals surface area (Å²) in [5.41, 5.74) is 2.01. The summed E-state index contributed by atoms with van der Waals surface area (Å²) in [4.78, 5) is 0. The molecule has 0 radical (unpaired) electrons. The molecule has 0 N–H and O–H groups in total. The van der Waals surface area contributed by atoms with Crippen molar-refractivity contribution < 1.29 is 25.8 Å². The van der Waals surface area contributed by atoms with Gasteiger partial charge in [0, 0.05) is 0 Å². The van der Waals surface area contributed by atoms with Gasteiger partial charge in [-0.15, -0.1) is 0 Å². The Hall–Kier alpha value is 0.567. The first-order valence-corrected chi connectivity index (χ1v) is 18.4. The smallest absolute Gasteiger partial charge is 0.358 e. The SMILES string of the molecule is CC.CC.CCCC1C(C)C([Si](C)(C)C2C(C)C(CCC)C3CCC=CC32)C2C=CCCC21.[CH3-].[CH3-].[CH3-].[CH3-].[Hf+4]. The Balaban J connectivity index is -0.000000614. The summed E-state index contributed by atoms with van der Waals surface area (Å²) in [6.45, 7) is 23.9. The fourth-order valence-corrected chi connectivity index (χ4v) is 16.1. The van der Waals surface area contributed by atoms with Crippen LogP contribution in [0.1, 0.15) is 107 Å². The molecule has 0 nitrogen and oxygen atoms in total. The third-order valence-electron chi connectivity index (χ3n) is 10.4. The molecule has 10 atom stereocenters. The van der Waals surface area contributed by atoms with E-state index in [1.165, 1.54) is 51.4 Å². The van der Waals surface area contributed by atoms with Gasteiger partial charge >= 0.3 is 25.8 Å². The van der Waals surface area contributed by atoms with E-state index in [0.29, 0.717) is 0 Å². The first kappa shape index (κ1) is 45.6. The van der Waals surface area contributed by atoms with Gasteiger partial charge in [-0.05, 0) is 84.1 Å². The first-order chi connectivity index (χ1) is 15.9. The summed E-state index contributed by atoms with van der Waals surface area (Å²) in [5, 5.41) is 0.